The number of hydrogen-bond acceptors (Lipinski definition) is 3. The van der Waals surface area contributed by atoms with Crippen LogP contribution in [-0.4, -0.2) is 18.8 Å². The van der Waals surface area contributed by atoms with Gasteiger partial charge in [-0.05, 0) is 36.2 Å². The number of methoxy groups -OCH3 is 1. The summed E-state index contributed by atoms with van der Waals surface area (Å²) in [6.07, 6.45) is 0. The minimum absolute atomic E-state index is 0.0560. The number of fused-ring (bicyclic) bond motifs is 3. The van der Waals surface area contributed by atoms with Gasteiger partial charge >= 0.3 is 0 Å². The molecule has 3 rings (SSSR count). The molecule has 0 unspecified atom stereocenters. The van der Waals surface area contributed by atoms with Gasteiger partial charge in [0.25, 0.3) is 0 Å². The number of carbonyl (C=O) groups is 1. The lowest BCUT2D eigenvalue weighted by molar-refractivity contribution is 0.104. The molecule has 2 aromatic carbocycles. The summed E-state index contributed by atoms with van der Waals surface area (Å²) in [5.74, 6) is 0.164. The number of ether oxygens (including phenoxy) is 1. The Balaban J connectivity index is 2.24. The molecule has 0 spiro atoms. The van der Waals surface area contributed by atoms with Gasteiger partial charge in [-0.15, -0.1) is 0 Å². The van der Waals surface area contributed by atoms with E-state index in [-0.39, 0.29) is 11.7 Å². The first-order chi connectivity index (χ1) is 9.11. The largest absolute Gasteiger partial charge is 0.481 e. The maximum atomic E-state index is 12.3. The highest BCUT2D eigenvalue weighted by molar-refractivity contribution is 6.22. The van der Waals surface area contributed by atoms with Crippen LogP contribution < -0.4 is 0 Å². The van der Waals surface area contributed by atoms with Crippen LogP contribution >= 0.6 is 0 Å². The molecular formula is C16H13NO2. The quantitative estimate of drug-likeness (QED) is 0.533. The van der Waals surface area contributed by atoms with Crippen molar-refractivity contribution in [2.75, 3.05) is 7.11 Å². The molecule has 0 aromatic heterocycles. The van der Waals surface area contributed by atoms with Crippen LogP contribution in [0.4, 0.5) is 0 Å². The molecule has 1 N–H and O–H groups in total. The maximum absolute atomic E-state index is 12.3. The van der Waals surface area contributed by atoms with Crippen molar-refractivity contribution in [2.45, 2.75) is 6.92 Å². The molecule has 94 valence electrons. The summed E-state index contributed by atoms with van der Waals surface area (Å²) in [5, 5.41) is 7.71. The molecule has 0 fully saturated rings. The third-order valence-corrected chi connectivity index (χ3v) is 3.44. The fraction of sp³-hybridized carbons (Fsp3) is 0.125. The highest BCUT2D eigenvalue weighted by Crippen LogP contribution is 2.37. The van der Waals surface area contributed by atoms with Crippen molar-refractivity contribution in [3.8, 4) is 11.1 Å². The average molecular weight is 251 g/mol. The van der Waals surface area contributed by atoms with E-state index in [0.717, 1.165) is 22.3 Å². The lowest BCUT2D eigenvalue weighted by atomic mass is 10.0. The number of ketones is 1. The Morgan fingerprint density at radius 3 is 2.32 bits per heavy atom. The van der Waals surface area contributed by atoms with Crippen molar-refractivity contribution in [1.82, 2.24) is 0 Å². The van der Waals surface area contributed by atoms with Gasteiger partial charge in [-0.3, -0.25) is 10.2 Å². The summed E-state index contributed by atoms with van der Waals surface area (Å²) in [4.78, 5) is 12.3. The van der Waals surface area contributed by atoms with Crippen molar-refractivity contribution in [1.29, 1.82) is 5.41 Å². The van der Waals surface area contributed by atoms with Crippen molar-refractivity contribution >= 4 is 11.7 Å². The average Bonchev–Trinajstić information content (AvgIpc) is 2.70. The molecule has 0 saturated heterocycles. The summed E-state index contributed by atoms with van der Waals surface area (Å²) in [7, 11) is 1.47. The molecule has 0 bridgehead atoms. The summed E-state index contributed by atoms with van der Waals surface area (Å²) < 4.78 is 4.93. The second-order valence-corrected chi connectivity index (χ2v) is 4.67. The van der Waals surface area contributed by atoms with Gasteiger partial charge in [0.1, 0.15) is 0 Å². The van der Waals surface area contributed by atoms with Crippen molar-refractivity contribution < 1.29 is 9.53 Å². The zero-order valence-corrected chi connectivity index (χ0v) is 10.8. The summed E-state index contributed by atoms with van der Waals surface area (Å²) in [5.41, 5.74) is 5.08. The van der Waals surface area contributed by atoms with Crippen LogP contribution in [0.25, 0.3) is 11.1 Å². The maximum Gasteiger partial charge on any atom is 0.212 e. The van der Waals surface area contributed by atoms with E-state index >= 15 is 0 Å². The van der Waals surface area contributed by atoms with Gasteiger partial charge in [-0.2, -0.15) is 0 Å². The Hall–Kier alpha value is -2.42. The first-order valence-electron chi connectivity index (χ1n) is 6.04. The van der Waals surface area contributed by atoms with Crippen molar-refractivity contribution in [3.05, 3.63) is 58.7 Å². The number of aryl methyl sites for hydroxylation is 1. The Bertz CT molecular complexity index is 717. The minimum atomic E-state index is 0.0560. The predicted molar refractivity (Wildman–Crippen MR) is 73.9 cm³/mol. The number of benzene rings is 2. The van der Waals surface area contributed by atoms with E-state index in [2.05, 4.69) is 0 Å². The zero-order chi connectivity index (χ0) is 13.6. The summed E-state index contributed by atoms with van der Waals surface area (Å²) >= 11 is 0. The van der Waals surface area contributed by atoms with Crippen LogP contribution in [0, 0.1) is 12.3 Å². The molecule has 0 saturated carbocycles. The third-order valence-electron chi connectivity index (χ3n) is 3.44. The Labute approximate surface area is 111 Å². The molecule has 3 heteroatoms. The number of carbonyl (C=O) groups excluding carboxylic acids is 1. The van der Waals surface area contributed by atoms with Crippen molar-refractivity contribution in [3.63, 3.8) is 0 Å². The first kappa shape index (κ1) is 11.7. The van der Waals surface area contributed by atoms with Crippen LogP contribution in [0.3, 0.4) is 0 Å². The lowest BCUT2D eigenvalue weighted by Gasteiger charge is -2.05. The molecule has 19 heavy (non-hydrogen) atoms. The zero-order valence-electron chi connectivity index (χ0n) is 10.8. The van der Waals surface area contributed by atoms with Crippen LogP contribution in [0.1, 0.15) is 27.0 Å². The Morgan fingerprint density at radius 1 is 1.00 bits per heavy atom. The van der Waals surface area contributed by atoms with Gasteiger partial charge in [0.15, 0.2) is 5.78 Å². The molecule has 1 aliphatic rings. The van der Waals surface area contributed by atoms with Crippen LogP contribution in [0.5, 0.6) is 0 Å². The number of rotatable bonds is 1. The van der Waals surface area contributed by atoms with E-state index in [0.29, 0.717) is 11.1 Å². The molecule has 0 radical (unpaired) electrons. The molecule has 0 atom stereocenters. The van der Waals surface area contributed by atoms with E-state index < -0.39 is 0 Å². The highest BCUT2D eigenvalue weighted by atomic mass is 16.5. The second-order valence-electron chi connectivity index (χ2n) is 4.67. The molecule has 0 heterocycles. The number of hydrogen-bond donors (Lipinski definition) is 1. The Morgan fingerprint density at radius 2 is 1.63 bits per heavy atom. The van der Waals surface area contributed by atoms with Gasteiger partial charge in [0, 0.05) is 16.7 Å². The molecule has 0 aliphatic heterocycles. The topological polar surface area (TPSA) is 50.1 Å². The number of nitrogens with one attached hydrogen (secondary N) is 1. The van der Waals surface area contributed by atoms with Crippen LogP contribution in [0.15, 0.2) is 36.4 Å². The van der Waals surface area contributed by atoms with E-state index in [4.69, 9.17) is 10.1 Å². The van der Waals surface area contributed by atoms with Gasteiger partial charge in [0.2, 0.25) is 5.90 Å². The van der Waals surface area contributed by atoms with Gasteiger partial charge in [-0.25, -0.2) is 0 Å². The van der Waals surface area contributed by atoms with Gasteiger partial charge < -0.3 is 4.74 Å². The van der Waals surface area contributed by atoms with E-state index in [1.165, 1.54) is 7.11 Å². The van der Waals surface area contributed by atoms with Crippen LogP contribution in [-0.2, 0) is 4.74 Å². The normalized spacial score (nSPS) is 12.0. The van der Waals surface area contributed by atoms with Crippen LogP contribution in [0.2, 0.25) is 0 Å². The smallest absolute Gasteiger partial charge is 0.212 e. The SMILES string of the molecule is COC(=N)c1ccc2c(c1)-c1cc(C)ccc1C2=O. The summed E-state index contributed by atoms with van der Waals surface area (Å²) in [6, 6.07) is 11.2. The molecule has 3 nitrogen and oxygen atoms in total. The van der Waals surface area contributed by atoms with E-state index in [1.54, 1.807) is 12.1 Å². The van der Waals surface area contributed by atoms with Gasteiger partial charge in [0.05, 0.1) is 7.11 Å². The molecule has 2 aromatic rings. The second kappa shape index (κ2) is 4.05. The Kier molecular flexibility index (Phi) is 2.49. The lowest BCUT2D eigenvalue weighted by Crippen LogP contribution is -2.02. The fourth-order valence-corrected chi connectivity index (χ4v) is 2.45. The van der Waals surface area contributed by atoms with Crippen molar-refractivity contribution in [2.24, 2.45) is 0 Å². The third kappa shape index (κ3) is 1.66. The molecule has 1 aliphatic carbocycles. The molecule has 0 amide bonds. The predicted octanol–water partition coefficient (Wildman–Crippen LogP) is 3.18. The highest BCUT2D eigenvalue weighted by Gasteiger charge is 2.27. The fourth-order valence-electron chi connectivity index (χ4n) is 2.45. The van der Waals surface area contributed by atoms with E-state index in [9.17, 15) is 4.79 Å². The van der Waals surface area contributed by atoms with E-state index in [1.807, 2.05) is 31.2 Å². The first-order valence-corrected chi connectivity index (χ1v) is 6.04. The molecular weight excluding hydrogens is 238 g/mol. The van der Waals surface area contributed by atoms with Gasteiger partial charge in [-0.1, -0.05) is 23.8 Å². The summed E-state index contributed by atoms with van der Waals surface area (Å²) in [6.45, 7) is 2.00. The minimum Gasteiger partial charge on any atom is -0.481 e. The monoisotopic (exact) mass is 251 g/mol. The standard InChI is InChI=1S/C16H13NO2/c1-9-3-5-11-13(7-9)14-8-10(16(17)19-2)4-6-12(14)15(11)18/h3-8,17H,1-2H3.